The molecule has 1 aliphatic rings. The number of aryl methyl sites for hydroxylation is 2. The summed E-state index contributed by atoms with van der Waals surface area (Å²) in [4.78, 5) is 42.5. The predicted molar refractivity (Wildman–Crippen MR) is 167 cm³/mol. The second kappa shape index (κ2) is 12.1. The molecule has 9 nitrogen and oxygen atoms in total. The predicted octanol–water partition coefficient (Wildman–Crippen LogP) is 5.56. The van der Waals surface area contributed by atoms with Crippen molar-refractivity contribution in [1.82, 2.24) is 24.2 Å². The topological polar surface area (TPSA) is 105 Å². The molecule has 3 aromatic heterocycles. The highest BCUT2D eigenvalue weighted by Gasteiger charge is 2.26. The van der Waals surface area contributed by atoms with Crippen molar-refractivity contribution in [1.29, 1.82) is 0 Å². The summed E-state index contributed by atoms with van der Waals surface area (Å²) in [5.74, 6) is 0.697. The summed E-state index contributed by atoms with van der Waals surface area (Å²) in [6.45, 7) is 7.56. The van der Waals surface area contributed by atoms with Gasteiger partial charge in [-0.3, -0.25) is 23.9 Å². The third-order valence-electron chi connectivity index (χ3n) is 7.57. The number of nitrogens with zero attached hydrogens (tertiary/aromatic N) is 5. The van der Waals surface area contributed by atoms with Gasteiger partial charge < -0.3 is 10.2 Å². The molecule has 0 aliphatic carbocycles. The van der Waals surface area contributed by atoms with E-state index in [0.717, 1.165) is 48.3 Å². The smallest absolute Gasteiger partial charge is 0.281 e. The van der Waals surface area contributed by atoms with Gasteiger partial charge in [0, 0.05) is 49.8 Å². The van der Waals surface area contributed by atoms with Crippen LogP contribution in [0.4, 0.5) is 11.6 Å². The van der Waals surface area contributed by atoms with Gasteiger partial charge in [-0.05, 0) is 69.0 Å². The summed E-state index contributed by atoms with van der Waals surface area (Å²) in [7, 11) is 1.79. The fraction of sp³-hybridized carbons (Fsp3) is 0.367. The first-order chi connectivity index (χ1) is 19.7. The number of halogens is 1. The summed E-state index contributed by atoms with van der Waals surface area (Å²) >= 11 is 7.30. The third kappa shape index (κ3) is 6.04. The lowest BCUT2D eigenvalue weighted by Gasteiger charge is -2.33. The molecule has 1 fully saturated rings. The highest BCUT2D eigenvalue weighted by Crippen LogP contribution is 2.32. The van der Waals surface area contributed by atoms with E-state index in [9.17, 15) is 9.59 Å². The van der Waals surface area contributed by atoms with E-state index in [4.69, 9.17) is 16.6 Å². The summed E-state index contributed by atoms with van der Waals surface area (Å²) in [5.41, 5.74) is 5.40. The molecule has 0 spiro atoms. The second-order valence-electron chi connectivity index (χ2n) is 10.6. The zero-order valence-corrected chi connectivity index (χ0v) is 25.4. The fourth-order valence-electron chi connectivity index (χ4n) is 5.43. The molecule has 0 saturated carbocycles. The zero-order valence-electron chi connectivity index (χ0n) is 23.9. The van der Waals surface area contributed by atoms with E-state index >= 15 is 0 Å². The number of carbonyl (C=O) groups excluding carboxylic acids is 1. The lowest BCUT2D eigenvalue weighted by atomic mass is 9.93. The van der Waals surface area contributed by atoms with Gasteiger partial charge in [0.1, 0.15) is 5.15 Å². The van der Waals surface area contributed by atoms with Gasteiger partial charge in [-0.1, -0.05) is 35.7 Å². The molecule has 2 N–H and O–H groups in total. The average Bonchev–Trinajstić information content (AvgIpc) is 2.96. The number of carbonyl (C=O) groups is 1. The molecule has 1 saturated heterocycles. The minimum absolute atomic E-state index is 0.0855. The SMILES string of the molecule is CSNC(=O)c1nc(Cl)ccc1NC(C)c1cc(C)cc2c(=O)n(C)c(N3CCC(c4ccc(C)cn4)CC3)nc12. The summed E-state index contributed by atoms with van der Waals surface area (Å²) in [6, 6.07) is 11.3. The first kappa shape index (κ1) is 28.9. The number of anilines is 2. The number of nitrogens with one attached hydrogen (secondary N) is 2. The van der Waals surface area contributed by atoms with Gasteiger partial charge in [0.05, 0.1) is 22.6 Å². The van der Waals surface area contributed by atoms with Gasteiger partial charge in [-0.15, -0.1) is 0 Å². The second-order valence-corrected chi connectivity index (χ2v) is 11.6. The molecule has 0 bridgehead atoms. The first-order valence-corrected chi connectivity index (χ1v) is 15.2. The standard InChI is InChI=1S/C30H34ClN7O2S/c1-17-6-7-23(32-16-17)20-10-12-38(13-11-20)30-35-26-21(14-18(2)15-22(26)29(40)37(30)4)19(3)33-24-8-9-25(31)34-27(24)28(39)36-41-5/h6-9,14-16,19-20,33H,10-13H2,1-5H3,(H,36,39). The van der Waals surface area contributed by atoms with Crippen molar-refractivity contribution in [3.63, 3.8) is 0 Å². The lowest BCUT2D eigenvalue weighted by Crippen LogP contribution is -2.38. The summed E-state index contributed by atoms with van der Waals surface area (Å²) in [6.07, 6.45) is 5.57. The first-order valence-electron chi connectivity index (χ1n) is 13.6. The van der Waals surface area contributed by atoms with Crippen molar-refractivity contribution in [2.75, 3.05) is 29.6 Å². The van der Waals surface area contributed by atoms with Gasteiger partial charge in [0.25, 0.3) is 11.5 Å². The number of pyridine rings is 2. The molecular formula is C30H34ClN7O2S. The minimum Gasteiger partial charge on any atom is -0.377 e. The molecule has 1 amide bonds. The highest BCUT2D eigenvalue weighted by atomic mass is 35.5. The van der Waals surface area contributed by atoms with Crippen LogP contribution in [0.15, 0.2) is 47.4 Å². The zero-order chi connectivity index (χ0) is 29.3. The van der Waals surface area contributed by atoms with Crippen LogP contribution < -0.4 is 20.5 Å². The van der Waals surface area contributed by atoms with Crippen LogP contribution in [-0.4, -0.2) is 44.8 Å². The number of benzene rings is 1. The molecule has 41 heavy (non-hydrogen) atoms. The molecule has 214 valence electrons. The van der Waals surface area contributed by atoms with Gasteiger partial charge in [-0.25, -0.2) is 9.97 Å². The molecule has 4 aromatic rings. The maximum atomic E-state index is 13.6. The largest absolute Gasteiger partial charge is 0.377 e. The van der Waals surface area contributed by atoms with Crippen LogP contribution >= 0.6 is 23.5 Å². The number of fused-ring (bicyclic) bond motifs is 1. The number of hydrogen-bond donors (Lipinski definition) is 2. The number of piperidine rings is 1. The van der Waals surface area contributed by atoms with Crippen LogP contribution in [0.1, 0.15) is 64.6 Å². The van der Waals surface area contributed by atoms with E-state index in [1.54, 1.807) is 30.0 Å². The molecule has 11 heteroatoms. The van der Waals surface area contributed by atoms with E-state index in [1.807, 2.05) is 39.1 Å². The van der Waals surface area contributed by atoms with Crippen molar-refractivity contribution in [2.45, 2.75) is 45.6 Å². The van der Waals surface area contributed by atoms with Crippen LogP contribution in [-0.2, 0) is 7.05 Å². The Bertz CT molecular complexity index is 1650. The summed E-state index contributed by atoms with van der Waals surface area (Å²) in [5, 5.41) is 4.21. The Morgan fingerprint density at radius 1 is 1.10 bits per heavy atom. The van der Waals surface area contributed by atoms with E-state index in [0.29, 0.717) is 28.5 Å². The van der Waals surface area contributed by atoms with Crippen LogP contribution in [0.25, 0.3) is 10.9 Å². The number of aromatic nitrogens is 4. The fourth-order valence-corrected chi connectivity index (χ4v) is 5.86. The maximum Gasteiger partial charge on any atom is 0.281 e. The Kier molecular flexibility index (Phi) is 8.51. The van der Waals surface area contributed by atoms with Crippen molar-refractivity contribution in [3.05, 3.63) is 86.2 Å². The minimum atomic E-state index is -0.345. The molecule has 1 atom stereocenters. The van der Waals surface area contributed by atoms with Gasteiger partial charge in [0.2, 0.25) is 5.95 Å². The monoisotopic (exact) mass is 591 g/mol. The average molecular weight is 592 g/mol. The molecule has 4 heterocycles. The van der Waals surface area contributed by atoms with Crippen molar-refractivity contribution in [3.8, 4) is 0 Å². The maximum absolute atomic E-state index is 13.6. The highest BCUT2D eigenvalue weighted by molar-refractivity contribution is 7.97. The molecule has 0 radical (unpaired) electrons. The van der Waals surface area contributed by atoms with E-state index in [1.165, 1.54) is 11.9 Å². The van der Waals surface area contributed by atoms with Crippen LogP contribution in [0, 0.1) is 13.8 Å². The Morgan fingerprint density at radius 3 is 2.54 bits per heavy atom. The molecule has 5 rings (SSSR count). The Morgan fingerprint density at radius 2 is 1.85 bits per heavy atom. The Hall–Kier alpha value is -3.63. The molecular weight excluding hydrogens is 558 g/mol. The lowest BCUT2D eigenvalue weighted by molar-refractivity contribution is 0.0980. The number of rotatable bonds is 7. The number of amides is 1. The van der Waals surface area contributed by atoms with Crippen LogP contribution in [0.2, 0.25) is 5.15 Å². The molecule has 1 aromatic carbocycles. The van der Waals surface area contributed by atoms with Crippen LogP contribution in [0.3, 0.4) is 0 Å². The molecule has 1 unspecified atom stereocenters. The van der Waals surface area contributed by atoms with Gasteiger partial charge >= 0.3 is 0 Å². The summed E-state index contributed by atoms with van der Waals surface area (Å²) < 4.78 is 4.36. The molecule has 1 aliphatic heterocycles. The van der Waals surface area contributed by atoms with Crippen LogP contribution in [0.5, 0.6) is 0 Å². The van der Waals surface area contributed by atoms with Crippen molar-refractivity contribution >= 4 is 52.0 Å². The van der Waals surface area contributed by atoms with Gasteiger partial charge in [0.15, 0.2) is 5.69 Å². The van der Waals surface area contributed by atoms with E-state index in [2.05, 4.69) is 37.0 Å². The number of hydrogen-bond acceptors (Lipinski definition) is 8. The van der Waals surface area contributed by atoms with Gasteiger partial charge in [-0.2, -0.15) is 0 Å². The van der Waals surface area contributed by atoms with Crippen molar-refractivity contribution in [2.24, 2.45) is 7.05 Å². The van der Waals surface area contributed by atoms with Crippen molar-refractivity contribution < 1.29 is 4.79 Å². The Balaban J connectivity index is 1.48. The van der Waals surface area contributed by atoms with E-state index < -0.39 is 0 Å². The quantitative estimate of drug-likeness (QED) is 0.213. The normalized spacial score (nSPS) is 14.7. The van der Waals surface area contributed by atoms with E-state index in [-0.39, 0.29) is 28.4 Å². The Labute approximate surface area is 248 Å². The third-order valence-corrected chi connectivity index (χ3v) is 8.17.